The maximum Gasteiger partial charge on any atom is 0.264 e. The van der Waals surface area contributed by atoms with Crippen molar-refractivity contribution in [2.24, 2.45) is 5.92 Å². The van der Waals surface area contributed by atoms with Gasteiger partial charge in [-0.05, 0) is 72.7 Å². The molecule has 0 fully saturated rings. The van der Waals surface area contributed by atoms with Gasteiger partial charge in [-0.2, -0.15) is 0 Å². The summed E-state index contributed by atoms with van der Waals surface area (Å²) in [6, 6.07) is 28.8. The van der Waals surface area contributed by atoms with Gasteiger partial charge in [0.25, 0.3) is 10.0 Å². The Morgan fingerprint density at radius 2 is 1.54 bits per heavy atom. The van der Waals surface area contributed by atoms with Gasteiger partial charge in [0.1, 0.15) is 18.3 Å². The van der Waals surface area contributed by atoms with Crippen LogP contribution >= 0.6 is 23.4 Å². The van der Waals surface area contributed by atoms with Crippen LogP contribution in [0.25, 0.3) is 0 Å². The third kappa shape index (κ3) is 9.55. The van der Waals surface area contributed by atoms with Crippen LogP contribution in [0.5, 0.6) is 5.75 Å². The van der Waals surface area contributed by atoms with Gasteiger partial charge in [0.2, 0.25) is 11.8 Å². The van der Waals surface area contributed by atoms with Crippen molar-refractivity contribution in [1.29, 1.82) is 0 Å². The lowest BCUT2D eigenvalue weighted by Crippen LogP contribution is -2.53. The number of hydrogen-bond donors (Lipinski definition) is 1. The van der Waals surface area contributed by atoms with E-state index in [0.29, 0.717) is 22.9 Å². The van der Waals surface area contributed by atoms with Crippen LogP contribution < -0.4 is 14.4 Å². The van der Waals surface area contributed by atoms with E-state index in [2.05, 4.69) is 5.32 Å². The Labute approximate surface area is 293 Å². The summed E-state index contributed by atoms with van der Waals surface area (Å²) in [5.74, 6) is -0.437. The van der Waals surface area contributed by atoms with E-state index < -0.39 is 28.5 Å². The Morgan fingerprint density at radius 1 is 0.896 bits per heavy atom. The van der Waals surface area contributed by atoms with Gasteiger partial charge in [-0.15, -0.1) is 11.8 Å². The van der Waals surface area contributed by atoms with Gasteiger partial charge >= 0.3 is 0 Å². The van der Waals surface area contributed by atoms with Gasteiger partial charge in [-0.1, -0.05) is 86.1 Å². The van der Waals surface area contributed by atoms with Crippen molar-refractivity contribution < 1.29 is 22.7 Å². The minimum absolute atomic E-state index is 0.0193. The molecule has 0 radical (unpaired) electrons. The first kappa shape index (κ1) is 36.8. The van der Waals surface area contributed by atoms with Crippen molar-refractivity contribution in [1.82, 2.24) is 10.2 Å². The standard InChI is InChI=1S/C37H42ClN3O5S2/c1-5-46-35-18-12-11-17-33(35)41(48(44,45)31-21-19-30(47-4)20-22-31)26-36(42)40(25-29-15-9-10-16-32(29)38)34(37(43)39-24-27(2)3)23-28-13-7-6-8-14-28/h6-22,27,34H,5,23-26H2,1-4H3,(H,39,43)/t34-/m1/s1. The number of hydrogen-bond acceptors (Lipinski definition) is 6. The third-order valence-electron chi connectivity index (χ3n) is 7.61. The number of nitrogens with zero attached hydrogens (tertiary/aromatic N) is 2. The fourth-order valence-electron chi connectivity index (χ4n) is 5.12. The first-order valence-corrected chi connectivity index (χ1v) is 18.8. The van der Waals surface area contributed by atoms with Crippen molar-refractivity contribution in [3.63, 3.8) is 0 Å². The zero-order valence-corrected chi connectivity index (χ0v) is 30.0. The molecule has 0 bridgehead atoms. The molecule has 11 heteroatoms. The fourth-order valence-corrected chi connectivity index (χ4v) is 7.14. The SMILES string of the molecule is CCOc1ccccc1N(CC(=O)N(Cc1ccccc1Cl)[C@H](Cc1ccccc1)C(=O)NCC(C)C)S(=O)(=O)c1ccc(SC)cc1. The Hall–Kier alpha value is -3.99. The van der Waals surface area contributed by atoms with E-state index in [0.717, 1.165) is 14.8 Å². The quantitative estimate of drug-likeness (QED) is 0.125. The van der Waals surface area contributed by atoms with E-state index in [-0.39, 0.29) is 42.0 Å². The van der Waals surface area contributed by atoms with Crippen LogP contribution in [0.15, 0.2) is 113 Å². The first-order valence-electron chi connectivity index (χ1n) is 15.8. The van der Waals surface area contributed by atoms with Gasteiger partial charge in [0.15, 0.2) is 0 Å². The second kappa shape index (κ2) is 17.4. The van der Waals surface area contributed by atoms with Crippen LogP contribution in [0.4, 0.5) is 5.69 Å². The summed E-state index contributed by atoms with van der Waals surface area (Å²) in [5.41, 5.74) is 1.68. The fraction of sp³-hybridized carbons (Fsp3) is 0.297. The van der Waals surface area contributed by atoms with Crippen molar-refractivity contribution >= 4 is 50.9 Å². The molecule has 0 saturated carbocycles. The normalized spacial score (nSPS) is 12.0. The summed E-state index contributed by atoms with van der Waals surface area (Å²) < 4.78 is 35.8. The zero-order chi connectivity index (χ0) is 34.7. The van der Waals surface area contributed by atoms with Gasteiger partial charge in [0, 0.05) is 29.4 Å². The highest BCUT2D eigenvalue weighted by molar-refractivity contribution is 7.98. The number of carbonyl (C=O) groups is 2. The lowest BCUT2D eigenvalue weighted by Gasteiger charge is -2.34. The molecule has 0 saturated heterocycles. The highest BCUT2D eigenvalue weighted by atomic mass is 35.5. The smallest absolute Gasteiger partial charge is 0.264 e. The number of ether oxygens (including phenoxy) is 1. The van der Waals surface area contributed by atoms with E-state index in [1.54, 1.807) is 61.5 Å². The number of carbonyl (C=O) groups excluding carboxylic acids is 2. The molecule has 4 aromatic rings. The largest absolute Gasteiger partial charge is 0.492 e. The minimum atomic E-state index is -4.29. The second-order valence-electron chi connectivity index (χ2n) is 11.5. The maximum absolute atomic E-state index is 14.7. The number of rotatable bonds is 16. The number of halogens is 1. The summed E-state index contributed by atoms with van der Waals surface area (Å²) in [7, 11) is -4.29. The number of anilines is 1. The monoisotopic (exact) mass is 707 g/mol. The number of para-hydroxylation sites is 2. The summed E-state index contributed by atoms with van der Waals surface area (Å²) >= 11 is 8.08. The van der Waals surface area contributed by atoms with E-state index >= 15 is 0 Å². The number of sulfonamides is 1. The molecule has 0 aliphatic heterocycles. The van der Waals surface area contributed by atoms with Crippen molar-refractivity contribution in [3.8, 4) is 5.75 Å². The lowest BCUT2D eigenvalue weighted by molar-refractivity contribution is -0.140. The molecule has 0 spiro atoms. The van der Waals surface area contributed by atoms with E-state index in [9.17, 15) is 18.0 Å². The van der Waals surface area contributed by atoms with Crippen molar-refractivity contribution in [3.05, 3.63) is 119 Å². The molecule has 1 N–H and O–H groups in total. The van der Waals surface area contributed by atoms with Crippen molar-refractivity contribution in [2.45, 2.75) is 49.6 Å². The molecule has 4 rings (SSSR count). The summed E-state index contributed by atoms with van der Waals surface area (Å²) in [4.78, 5) is 31.0. The Kier molecular flexibility index (Phi) is 13.4. The summed E-state index contributed by atoms with van der Waals surface area (Å²) in [6.45, 7) is 5.87. The third-order valence-corrected chi connectivity index (χ3v) is 10.5. The Bertz CT molecular complexity index is 1770. The van der Waals surface area contributed by atoms with Gasteiger partial charge in [-0.25, -0.2) is 8.42 Å². The molecule has 4 aromatic carbocycles. The molecule has 1 atom stereocenters. The Balaban J connectivity index is 1.84. The minimum Gasteiger partial charge on any atom is -0.492 e. The second-order valence-corrected chi connectivity index (χ2v) is 14.7. The molecule has 8 nitrogen and oxygen atoms in total. The predicted molar refractivity (Wildman–Crippen MR) is 194 cm³/mol. The molecule has 2 amide bonds. The highest BCUT2D eigenvalue weighted by Gasteiger charge is 2.35. The first-order chi connectivity index (χ1) is 23.0. The number of thioether (sulfide) groups is 1. The van der Waals surface area contributed by atoms with Crippen LogP contribution in [0.1, 0.15) is 31.9 Å². The molecule has 0 unspecified atom stereocenters. The van der Waals surface area contributed by atoms with E-state index in [1.807, 2.05) is 56.5 Å². The maximum atomic E-state index is 14.7. The topological polar surface area (TPSA) is 96.0 Å². The summed E-state index contributed by atoms with van der Waals surface area (Å²) in [5, 5.41) is 3.42. The summed E-state index contributed by atoms with van der Waals surface area (Å²) in [6.07, 6.45) is 2.11. The molecular formula is C37H42ClN3O5S2. The average molecular weight is 708 g/mol. The molecule has 0 aliphatic rings. The van der Waals surface area contributed by atoms with Crippen LogP contribution in [-0.2, 0) is 32.6 Å². The van der Waals surface area contributed by atoms with Gasteiger partial charge in [-0.3, -0.25) is 13.9 Å². The van der Waals surface area contributed by atoms with Gasteiger partial charge < -0.3 is 15.0 Å². The number of benzene rings is 4. The number of amides is 2. The van der Waals surface area contributed by atoms with Gasteiger partial charge in [0.05, 0.1) is 17.2 Å². The molecular weight excluding hydrogens is 666 g/mol. The van der Waals surface area contributed by atoms with E-state index in [1.165, 1.54) is 28.8 Å². The van der Waals surface area contributed by atoms with Crippen molar-refractivity contribution in [2.75, 3.05) is 30.3 Å². The zero-order valence-electron chi connectivity index (χ0n) is 27.6. The molecule has 0 heterocycles. The molecule has 254 valence electrons. The molecule has 48 heavy (non-hydrogen) atoms. The Morgan fingerprint density at radius 3 is 2.19 bits per heavy atom. The molecule has 0 aromatic heterocycles. The lowest BCUT2D eigenvalue weighted by atomic mass is 10.0. The number of nitrogens with one attached hydrogen (secondary N) is 1. The van der Waals surface area contributed by atoms with E-state index in [4.69, 9.17) is 16.3 Å². The average Bonchev–Trinajstić information content (AvgIpc) is 3.09. The van der Waals surface area contributed by atoms with Crippen LogP contribution in [-0.4, -0.2) is 57.1 Å². The van der Waals surface area contributed by atoms with Crippen LogP contribution in [0, 0.1) is 5.92 Å². The van der Waals surface area contributed by atoms with Crippen LogP contribution in [0.2, 0.25) is 5.02 Å². The highest BCUT2D eigenvalue weighted by Crippen LogP contribution is 2.33. The van der Waals surface area contributed by atoms with Crippen LogP contribution in [0.3, 0.4) is 0 Å². The molecule has 0 aliphatic carbocycles. The predicted octanol–water partition coefficient (Wildman–Crippen LogP) is 7.07.